The van der Waals surface area contributed by atoms with Gasteiger partial charge in [-0.05, 0) is 52.3 Å². The van der Waals surface area contributed by atoms with Gasteiger partial charge in [0.2, 0.25) is 0 Å². The number of aryl methyl sites for hydroxylation is 4. The minimum atomic E-state index is -0.185. The maximum atomic E-state index is 12.6. The quantitative estimate of drug-likeness (QED) is 0.788. The molecule has 5 nitrogen and oxygen atoms in total. The molecular formula is C17H19N3O2S. The molecule has 0 saturated carbocycles. The third kappa shape index (κ3) is 2.86. The molecule has 0 fully saturated rings. The fourth-order valence-electron chi connectivity index (χ4n) is 2.71. The molecule has 1 amide bonds. The number of aromatic nitrogens is 2. The number of thiophene rings is 1. The molecule has 3 aromatic heterocycles. The number of hydrogen-bond acceptors (Lipinski definition) is 5. The summed E-state index contributed by atoms with van der Waals surface area (Å²) in [4.78, 5) is 23.0. The monoisotopic (exact) mass is 329 g/mol. The van der Waals surface area contributed by atoms with Crippen LogP contribution in [-0.4, -0.2) is 15.9 Å². The molecule has 0 aliphatic rings. The number of amides is 1. The van der Waals surface area contributed by atoms with Crippen LogP contribution in [0.5, 0.6) is 0 Å². The highest BCUT2D eigenvalue weighted by Gasteiger charge is 2.21. The van der Waals surface area contributed by atoms with Gasteiger partial charge in [0.25, 0.3) is 5.91 Å². The van der Waals surface area contributed by atoms with Crippen LogP contribution in [0.2, 0.25) is 0 Å². The molecule has 0 aliphatic carbocycles. The fourth-order valence-corrected chi connectivity index (χ4v) is 3.89. The van der Waals surface area contributed by atoms with E-state index in [1.54, 1.807) is 0 Å². The first-order valence-corrected chi connectivity index (χ1v) is 8.30. The van der Waals surface area contributed by atoms with E-state index in [4.69, 9.17) is 4.42 Å². The third-order valence-corrected chi connectivity index (χ3v) is 5.01. The smallest absolute Gasteiger partial charge is 0.262 e. The summed E-state index contributed by atoms with van der Waals surface area (Å²) in [5.41, 5.74) is 1.85. The lowest BCUT2D eigenvalue weighted by Crippen LogP contribution is -2.26. The summed E-state index contributed by atoms with van der Waals surface area (Å²) >= 11 is 1.41. The molecule has 0 radical (unpaired) electrons. The topological polar surface area (TPSA) is 68.0 Å². The average molecular weight is 329 g/mol. The fraction of sp³-hybridized carbons (Fsp3) is 0.353. The van der Waals surface area contributed by atoms with Crippen molar-refractivity contribution in [3.8, 4) is 0 Å². The first kappa shape index (κ1) is 15.7. The zero-order valence-electron chi connectivity index (χ0n) is 13.9. The molecule has 1 N–H and O–H groups in total. The zero-order valence-corrected chi connectivity index (χ0v) is 14.7. The molecule has 3 rings (SSSR count). The molecule has 0 aliphatic heterocycles. The Bertz CT molecular complexity index is 895. The summed E-state index contributed by atoms with van der Waals surface area (Å²) in [7, 11) is 0. The van der Waals surface area contributed by atoms with Gasteiger partial charge in [-0.3, -0.25) is 4.79 Å². The van der Waals surface area contributed by atoms with Crippen LogP contribution in [0.15, 0.2) is 16.5 Å². The molecule has 3 aromatic rings. The van der Waals surface area contributed by atoms with Gasteiger partial charge < -0.3 is 9.73 Å². The van der Waals surface area contributed by atoms with Crippen LogP contribution in [0.3, 0.4) is 0 Å². The van der Waals surface area contributed by atoms with E-state index in [9.17, 15) is 4.79 Å². The van der Waals surface area contributed by atoms with Crippen LogP contribution in [0.1, 0.15) is 51.2 Å². The lowest BCUT2D eigenvalue weighted by molar-refractivity contribution is 0.0939. The Kier molecular flexibility index (Phi) is 3.93. The highest BCUT2D eigenvalue weighted by atomic mass is 32.1. The molecule has 3 heterocycles. The van der Waals surface area contributed by atoms with Crippen molar-refractivity contribution in [1.82, 2.24) is 15.3 Å². The van der Waals surface area contributed by atoms with Gasteiger partial charge in [0.1, 0.15) is 22.2 Å². The molecule has 0 saturated heterocycles. The summed E-state index contributed by atoms with van der Waals surface area (Å²) in [5.74, 6) is 2.20. The average Bonchev–Trinajstić information content (AvgIpc) is 3.03. The maximum absolute atomic E-state index is 12.6. The van der Waals surface area contributed by atoms with Crippen LogP contribution in [0.25, 0.3) is 10.2 Å². The largest absolute Gasteiger partial charge is 0.464 e. The van der Waals surface area contributed by atoms with Crippen molar-refractivity contribution in [3.05, 3.63) is 45.6 Å². The standard InChI is InChI=1S/C17H19N3O2S/c1-8-6-7-13(22-8)10(3)19-16(21)15-9(2)14-11(4)18-12(5)20-17(14)23-15/h6-7,10H,1-5H3,(H,19,21). The van der Waals surface area contributed by atoms with Gasteiger partial charge in [-0.1, -0.05) is 0 Å². The number of nitrogens with zero attached hydrogens (tertiary/aromatic N) is 2. The van der Waals surface area contributed by atoms with Gasteiger partial charge in [-0.2, -0.15) is 0 Å². The van der Waals surface area contributed by atoms with Crippen molar-refractivity contribution in [2.24, 2.45) is 0 Å². The van der Waals surface area contributed by atoms with E-state index < -0.39 is 0 Å². The molecule has 0 bridgehead atoms. The van der Waals surface area contributed by atoms with E-state index in [-0.39, 0.29) is 11.9 Å². The molecule has 0 spiro atoms. The van der Waals surface area contributed by atoms with Crippen molar-refractivity contribution in [3.63, 3.8) is 0 Å². The van der Waals surface area contributed by atoms with Gasteiger partial charge in [0.05, 0.1) is 10.9 Å². The summed E-state index contributed by atoms with van der Waals surface area (Å²) in [5, 5.41) is 3.97. The number of hydrogen-bond donors (Lipinski definition) is 1. The van der Waals surface area contributed by atoms with Crippen LogP contribution in [0, 0.1) is 27.7 Å². The Morgan fingerprint density at radius 1 is 1.22 bits per heavy atom. The van der Waals surface area contributed by atoms with Crippen molar-refractivity contribution >= 4 is 27.5 Å². The second-order valence-electron chi connectivity index (χ2n) is 5.74. The van der Waals surface area contributed by atoms with Crippen molar-refractivity contribution in [1.29, 1.82) is 0 Å². The lowest BCUT2D eigenvalue weighted by Gasteiger charge is -2.11. The minimum absolute atomic E-state index is 0.107. The molecular weight excluding hydrogens is 310 g/mol. The molecule has 1 atom stereocenters. The van der Waals surface area contributed by atoms with Gasteiger partial charge >= 0.3 is 0 Å². The molecule has 6 heteroatoms. The van der Waals surface area contributed by atoms with E-state index in [0.29, 0.717) is 4.88 Å². The van der Waals surface area contributed by atoms with Crippen molar-refractivity contribution in [2.75, 3.05) is 0 Å². The number of carbonyl (C=O) groups excluding carboxylic acids is 1. The van der Waals surface area contributed by atoms with Gasteiger partial charge in [-0.25, -0.2) is 9.97 Å². The minimum Gasteiger partial charge on any atom is -0.464 e. The maximum Gasteiger partial charge on any atom is 0.262 e. The second kappa shape index (κ2) is 5.77. The molecule has 0 aromatic carbocycles. The Balaban J connectivity index is 1.92. The molecule has 120 valence electrons. The Labute approximate surface area is 138 Å². The van der Waals surface area contributed by atoms with Crippen molar-refractivity contribution in [2.45, 2.75) is 40.7 Å². The van der Waals surface area contributed by atoms with Crippen LogP contribution in [0.4, 0.5) is 0 Å². The van der Waals surface area contributed by atoms with Crippen LogP contribution < -0.4 is 5.32 Å². The first-order valence-electron chi connectivity index (χ1n) is 7.48. The zero-order chi connectivity index (χ0) is 16.7. The molecule has 1 unspecified atom stereocenters. The summed E-state index contributed by atoms with van der Waals surface area (Å²) in [6, 6.07) is 3.59. The first-order chi connectivity index (χ1) is 10.9. The predicted octanol–water partition coefficient (Wildman–Crippen LogP) is 4.01. The Hall–Kier alpha value is -2.21. The lowest BCUT2D eigenvalue weighted by atomic mass is 10.1. The van der Waals surface area contributed by atoms with Crippen molar-refractivity contribution < 1.29 is 9.21 Å². The van der Waals surface area contributed by atoms with E-state index in [1.807, 2.05) is 46.8 Å². The Morgan fingerprint density at radius 2 is 1.96 bits per heavy atom. The van der Waals surface area contributed by atoms with E-state index >= 15 is 0 Å². The van der Waals surface area contributed by atoms with E-state index in [0.717, 1.165) is 38.8 Å². The number of carbonyl (C=O) groups is 1. The SMILES string of the molecule is Cc1nc(C)c2c(C)c(C(=O)NC(C)c3ccc(C)o3)sc2n1. The van der Waals surface area contributed by atoms with Gasteiger partial charge in [0, 0.05) is 11.1 Å². The highest BCUT2D eigenvalue weighted by Crippen LogP contribution is 2.31. The molecule has 23 heavy (non-hydrogen) atoms. The normalized spacial score (nSPS) is 12.6. The van der Waals surface area contributed by atoms with Crippen LogP contribution in [-0.2, 0) is 0 Å². The highest BCUT2D eigenvalue weighted by molar-refractivity contribution is 7.20. The number of rotatable bonds is 3. The van der Waals surface area contributed by atoms with Crippen LogP contribution >= 0.6 is 11.3 Å². The third-order valence-electron chi connectivity index (χ3n) is 3.82. The summed E-state index contributed by atoms with van der Waals surface area (Å²) in [6.07, 6.45) is 0. The second-order valence-corrected chi connectivity index (χ2v) is 6.74. The van der Waals surface area contributed by atoms with Gasteiger partial charge in [0.15, 0.2) is 0 Å². The summed E-state index contributed by atoms with van der Waals surface area (Å²) < 4.78 is 5.57. The number of furan rings is 1. The number of fused-ring (bicyclic) bond motifs is 1. The Morgan fingerprint density at radius 3 is 2.61 bits per heavy atom. The van der Waals surface area contributed by atoms with Gasteiger partial charge in [-0.15, -0.1) is 11.3 Å². The van der Waals surface area contributed by atoms with E-state index in [2.05, 4.69) is 15.3 Å². The number of nitrogens with one attached hydrogen (secondary N) is 1. The summed E-state index contributed by atoms with van der Waals surface area (Å²) in [6.45, 7) is 9.56. The van der Waals surface area contributed by atoms with E-state index in [1.165, 1.54) is 11.3 Å². The predicted molar refractivity (Wildman–Crippen MR) is 91.0 cm³/mol.